The van der Waals surface area contributed by atoms with Gasteiger partial charge in [-0.25, -0.2) is 4.98 Å². The van der Waals surface area contributed by atoms with Gasteiger partial charge < -0.3 is 25.7 Å². The Bertz CT molecular complexity index is 1040. The molecule has 0 saturated carbocycles. The van der Waals surface area contributed by atoms with Crippen LogP contribution < -0.4 is 20.7 Å². The van der Waals surface area contributed by atoms with E-state index in [4.69, 9.17) is 4.74 Å². The highest BCUT2D eigenvalue weighted by Gasteiger charge is 2.35. The molecule has 9 heteroatoms. The number of anilines is 3. The van der Waals surface area contributed by atoms with Crippen molar-refractivity contribution in [3.05, 3.63) is 41.1 Å². The Balaban J connectivity index is 1.77. The first-order valence-electron chi connectivity index (χ1n) is 9.41. The highest BCUT2D eigenvalue weighted by atomic mass is 19.4. The number of benzene rings is 1. The number of aromatic nitrogens is 2. The first kappa shape index (κ1) is 19.4. The summed E-state index contributed by atoms with van der Waals surface area (Å²) in [5.74, 6) is 1.08. The van der Waals surface area contributed by atoms with Crippen LogP contribution in [0, 0.1) is 0 Å². The van der Waals surface area contributed by atoms with Gasteiger partial charge >= 0.3 is 6.18 Å². The summed E-state index contributed by atoms with van der Waals surface area (Å²) in [5, 5.41) is 9.59. The second kappa shape index (κ2) is 7.47. The van der Waals surface area contributed by atoms with Crippen LogP contribution in [0.2, 0.25) is 0 Å². The lowest BCUT2D eigenvalue weighted by Gasteiger charge is -2.21. The van der Waals surface area contributed by atoms with Crippen molar-refractivity contribution in [3.8, 4) is 5.75 Å². The average molecular weight is 405 g/mol. The highest BCUT2D eigenvalue weighted by molar-refractivity contribution is 5.95. The fourth-order valence-electron chi connectivity index (χ4n) is 3.67. The molecule has 0 spiro atoms. The van der Waals surface area contributed by atoms with E-state index in [2.05, 4.69) is 25.9 Å². The van der Waals surface area contributed by atoms with Crippen LogP contribution in [0.1, 0.15) is 23.6 Å². The van der Waals surface area contributed by atoms with Crippen LogP contribution in [-0.4, -0.2) is 30.2 Å². The van der Waals surface area contributed by atoms with Crippen molar-refractivity contribution in [1.82, 2.24) is 15.3 Å². The summed E-state index contributed by atoms with van der Waals surface area (Å²) in [4.78, 5) is 7.01. The van der Waals surface area contributed by atoms with Crippen molar-refractivity contribution in [2.75, 3.05) is 30.8 Å². The van der Waals surface area contributed by atoms with E-state index in [-0.39, 0.29) is 11.0 Å². The first-order chi connectivity index (χ1) is 13.9. The normalized spacial score (nSPS) is 14.0. The van der Waals surface area contributed by atoms with Crippen molar-refractivity contribution in [2.24, 2.45) is 0 Å². The van der Waals surface area contributed by atoms with Crippen LogP contribution in [0.3, 0.4) is 0 Å². The Kier molecular flexibility index (Phi) is 4.99. The van der Waals surface area contributed by atoms with Crippen molar-refractivity contribution in [3.63, 3.8) is 0 Å². The first-order valence-corrected chi connectivity index (χ1v) is 9.41. The number of methoxy groups -OCH3 is 1. The van der Waals surface area contributed by atoms with Crippen LogP contribution in [-0.2, 0) is 19.1 Å². The highest BCUT2D eigenvalue weighted by Crippen LogP contribution is 2.39. The lowest BCUT2D eigenvalue weighted by molar-refractivity contribution is -0.136. The molecule has 154 valence electrons. The third-order valence-electron chi connectivity index (χ3n) is 4.99. The minimum Gasteiger partial charge on any atom is -0.495 e. The quantitative estimate of drug-likeness (QED) is 0.506. The molecule has 4 rings (SSSR count). The molecule has 0 atom stereocenters. The summed E-state index contributed by atoms with van der Waals surface area (Å²) in [6.07, 6.45) is -2.61. The predicted molar refractivity (Wildman–Crippen MR) is 107 cm³/mol. The average Bonchev–Trinajstić information content (AvgIpc) is 3.12. The van der Waals surface area contributed by atoms with Crippen molar-refractivity contribution >= 4 is 28.2 Å². The number of H-pyrrole nitrogens is 1. The minimum atomic E-state index is -4.46. The summed E-state index contributed by atoms with van der Waals surface area (Å²) < 4.78 is 45.6. The van der Waals surface area contributed by atoms with E-state index in [0.29, 0.717) is 23.8 Å². The fourth-order valence-corrected chi connectivity index (χ4v) is 3.67. The minimum absolute atomic E-state index is 0.0355. The Morgan fingerprint density at radius 3 is 2.72 bits per heavy atom. The van der Waals surface area contributed by atoms with Gasteiger partial charge in [0, 0.05) is 31.0 Å². The van der Waals surface area contributed by atoms with E-state index >= 15 is 0 Å². The number of rotatable bonds is 5. The van der Waals surface area contributed by atoms with E-state index in [9.17, 15) is 13.2 Å². The van der Waals surface area contributed by atoms with E-state index in [1.54, 1.807) is 13.2 Å². The maximum atomic E-state index is 13.4. The molecule has 0 saturated heterocycles. The molecule has 0 radical (unpaired) electrons. The molecule has 0 aliphatic carbocycles. The van der Waals surface area contributed by atoms with Crippen molar-refractivity contribution in [2.45, 2.75) is 26.1 Å². The summed E-state index contributed by atoms with van der Waals surface area (Å²) in [5.41, 5.74) is 2.91. The summed E-state index contributed by atoms with van der Waals surface area (Å²) in [6.45, 7) is 4.00. The molecule has 0 unspecified atom stereocenters. The zero-order valence-corrected chi connectivity index (χ0v) is 16.1. The van der Waals surface area contributed by atoms with Crippen LogP contribution >= 0.6 is 0 Å². The number of halogens is 3. The number of ether oxygens (including phenoxy) is 1. The number of nitrogens with zero attached hydrogens (tertiary/aromatic N) is 1. The molecule has 1 aliphatic rings. The Hall–Kier alpha value is -2.94. The number of nitrogens with one attached hydrogen (secondary N) is 4. The van der Waals surface area contributed by atoms with Gasteiger partial charge in [0.05, 0.1) is 23.7 Å². The van der Waals surface area contributed by atoms with Gasteiger partial charge in [-0.2, -0.15) is 13.2 Å². The molecule has 6 nitrogen and oxygen atoms in total. The van der Waals surface area contributed by atoms with E-state index in [0.717, 1.165) is 31.4 Å². The lowest BCUT2D eigenvalue weighted by Crippen LogP contribution is -2.23. The maximum absolute atomic E-state index is 13.4. The van der Waals surface area contributed by atoms with Gasteiger partial charge in [0.2, 0.25) is 0 Å². The van der Waals surface area contributed by atoms with E-state index in [1.165, 1.54) is 11.1 Å². The summed E-state index contributed by atoms with van der Waals surface area (Å²) in [7, 11) is 1.59. The third kappa shape index (κ3) is 3.69. The molecule has 1 aromatic carbocycles. The molecule has 2 aromatic heterocycles. The SMILES string of the molecule is CCNc1cc(Nc2cc3c(cc2OC)CNCC3)nc2[nH]cc(C(F)(F)F)c12. The summed E-state index contributed by atoms with van der Waals surface area (Å²) in [6, 6.07) is 5.59. The number of alkyl halides is 3. The second-order valence-corrected chi connectivity index (χ2v) is 6.88. The van der Waals surface area contributed by atoms with Crippen LogP contribution in [0.15, 0.2) is 24.4 Å². The molecule has 3 aromatic rings. The third-order valence-corrected chi connectivity index (χ3v) is 4.99. The number of aromatic amines is 1. The fraction of sp³-hybridized carbons (Fsp3) is 0.350. The molecule has 3 heterocycles. The largest absolute Gasteiger partial charge is 0.495 e. The summed E-state index contributed by atoms with van der Waals surface area (Å²) >= 11 is 0. The van der Waals surface area contributed by atoms with E-state index in [1.807, 2.05) is 19.1 Å². The monoisotopic (exact) mass is 405 g/mol. The number of fused-ring (bicyclic) bond motifs is 2. The number of hydrogen-bond acceptors (Lipinski definition) is 5. The molecular weight excluding hydrogens is 383 g/mol. The Morgan fingerprint density at radius 1 is 1.17 bits per heavy atom. The molecule has 1 aliphatic heterocycles. The molecule has 0 amide bonds. The molecular formula is C20H22F3N5O. The molecule has 0 bridgehead atoms. The number of hydrogen-bond donors (Lipinski definition) is 4. The van der Waals surface area contributed by atoms with E-state index < -0.39 is 11.7 Å². The standard InChI is InChI=1S/C20H22F3N5O/c1-3-25-15-8-17(28-19-18(15)13(10-26-19)20(21,22)23)27-14-6-11-4-5-24-9-12(11)7-16(14)29-2/h6-8,10,24H,3-5,9H2,1-2H3,(H3,25,26,27,28). The Morgan fingerprint density at radius 2 is 2.00 bits per heavy atom. The van der Waals surface area contributed by atoms with Gasteiger partial charge in [-0.15, -0.1) is 0 Å². The van der Waals surface area contributed by atoms with Crippen molar-refractivity contribution < 1.29 is 17.9 Å². The smallest absolute Gasteiger partial charge is 0.418 e. The van der Waals surface area contributed by atoms with Crippen LogP contribution in [0.5, 0.6) is 5.75 Å². The second-order valence-electron chi connectivity index (χ2n) is 6.88. The van der Waals surface area contributed by atoms with Gasteiger partial charge in [0.25, 0.3) is 0 Å². The molecule has 29 heavy (non-hydrogen) atoms. The van der Waals surface area contributed by atoms with Gasteiger partial charge in [0.1, 0.15) is 17.2 Å². The van der Waals surface area contributed by atoms with Gasteiger partial charge in [-0.1, -0.05) is 0 Å². The zero-order chi connectivity index (χ0) is 20.6. The van der Waals surface area contributed by atoms with Gasteiger partial charge in [-0.05, 0) is 43.1 Å². The maximum Gasteiger partial charge on any atom is 0.418 e. The van der Waals surface area contributed by atoms with Crippen LogP contribution in [0.25, 0.3) is 11.0 Å². The van der Waals surface area contributed by atoms with Gasteiger partial charge in [-0.3, -0.25) is 0 Å². The topological polar surface area (TPSA) is 74.0 Å². The number of pyridine rings is 1. The van der Waals surface area contributed by atoms with Crippen LogP contribution in [0.4, 0.5) is 30.4 Å². The Labute approximate surface area is 165 Å². The zero-order valence-electron chi connectivity index (χ0n) is 16.1. The predicted octanol–water partition coefficient (Wildman–Crippen LogP) is 4.41. The van der Waals surface area contributed by atoms with Crippen molar-refractivity contribution in [1.29, 1.82) is 0 Å². The van der Waals surface area contributed by atoms with Gasteiger partial charge in [0.15, 0.2) is 0 Å². The molecule has 0 fully saturated rings. The molecule has 4 N–H and O–H groups in total. The lowest BCUT2D eigenvalue weighted by atomic mass is 9.99.